The Morgan fingerprint density at radius 2 is 1.90 bits per heavy atom. The molecule has 5 atom stereocenters. The molecule has 1 aliphatic rings. The van der Waals surface area contributed by atoms with Crippen LogP contribution < -0.4 is 5.32 Å². The van der Waals surface area contributed by atoms with Crippen molar-refractivity contribution in [2.75, 3.05) is 6.61 Å². The van der Waals surface area contributed by atoms with E-state index in [1.54, 1.807) is 12.2 Å². The number of ether oxygens (including phenoxy) is 1. The quantitative estimate of drug-likeness (QED) is 0.334. The topological polar surface area (TPSA) is 157 Å². The molecule has 0 radical (unpaired) electrons. The Hall–Kier alpha value is -2.72. The molecule has 0 saturated heterocycles. The summed E-state index contributed by atoms with van der Waals surface area (Å²) in [4.78, 5) is 23.2. The summed E-state index contributed by atoms with van der Waals surface area (Å²) in [7, 11) is 0. The van der Waals surface area contributed by atoms with E-state index in [1.807, 2.05) is 30.3 Å². The van der Waals surface area contributed by atoms with Crippen molar-refractivity contribution in [3.05, 3.63) is 53.3 Å². The SMILES string of the molecule is CC(=O)N[C@H]1[C@H]([C@H](O)[C@H](O)CO)OC(C(=O)O)=C(C/C=C/c2ccccc2)[C@@H]1O. The van der Waals surface area contributed by atoms with E-state index in [-0.39, 0.29) is 12.0 Å². The molecule has 1 aromatic carbocycles. The van der Waals surface area contributed by atoms with Crippen LogP contribution in [0, 0.1) is 0 Å². The first-order valence-corrected chi connectivity index (χ1v) is 9.03. The van der Waals surface area contributed by atoms with E-state index in [9.17, 15) is 30.0 Å². The Balaban J connectivity index is 2.36. The molecular formula is C20H25NO8. The Morgan fingerprint density at radius 1 is 1.24 bits per heavy atom. The van der Waals surface area contributed by atoms with Crippen molar-refractivity contribution in [2.24, 2.45) is 0 Å². The van der Waals surface area contributed by atoms with Crippen molar-refractivity contribution in [3.8, 4) is 0 Å². The molecule has 0 saturated carbocycles. The second-order valence-corrected chi connectivity index (χ2v) is 6.67. The first kappa shape index (κ1) is 22.6. The number of carboxylic acids is 1. The fourth-order valence-corrected chi connectivity index (χ4v) is 3.11. The summed E-state index contributed by atoms with van der Waals surface area (Å²) in [6.45, 7) is 0.368. The van der Waals surface area contributed by atoms with Crippen LogP contribution in [0.4, 0.5) is 0 Å². The number of amides is 1. The second-order valence-electron chi connectivity index (χ2n) is 6.67. The summed E-state index contributed by atoms with van der Waals surface area (Å²) < 4.78 is 5.38. The molecule has 0 bridgehead atoms. The van der Waals surface area contributed by atoms with E-state index in [1.165, 1.54) is 6.92 Å². The summed E-state index contributed by atoms with van der Waals surface area (Å²) in [6.07, 6.45) is -2.99. The lowest BCUT2D eigenvalue weighted by Crippen LogP contribution is -2.61. The molecule has 1 aliphatic heterocycles. The molecule has 9 nitrogen and oxygen atoms in total. The number of allylic oxidation sites excluding steroid dienone is 1. The molecule has 0 aliphatic carbocycles. The number of aliphatic hydroxyl groups is 4. The zero-order valence-corrected chi connectivity index (χ0v) is 15.8. The number of rotatable bonds is 8. The maximum atomic E-state index is 11.7. The number of benzene rings is 1. The zero-order valence-electron chi connectivity index (χ0n) is 15.8. The van der Waals surface area contributed by atoms with Crippen LogP contribution in [0.5, 0.6) is 0 Å². The minimum absolute atomic E-state index is 0.00497. The summed E-state index contributed by atoms with van der Waals surface area (Å²) >= 11 is 0. The number of carbonyl (C=O) groups excluding carboxylic acids is 1. The predicted octanol–water partition coefficient (Wildman–Crippen LogP) is -0.593. The van der Waals surface area contributed by atoms with E-state index in [2.05, 4.69) is 5.32 Å². The van der Waals surface area contributed by atoms with Crippen molar-refractivity contribution in [1.29, 1.82) is 0 Å². The second kappa shape index (κ2) is 10.2. The van der Waals surface area contributed by atoms with Gasteiger partial charge in [0, 0.05) is 12.5 Å². The molecule has 6 N–H and O–H groups in total. The molecule has 1 amide bonds. The van der Waals surface area contributed by atoms with Crippen molar-refractivity contribution < 1.29 is 39.9 Å². The summed E-state index contributed by atoms with van der Waals surface area (Å²) in [6, 6.07) is 7.99. The van der Waals surface area contributed by atoms with Gasteiger partial charge in [-0.15, -0.1) is 0 Å². The molecule has 29 heavy (non-hydrogen) atoms. The first-order valence-electron chi connectivity index (χ1n) is 9.03. The molecule has 0 unspecified atom stereocenters. The van der Waals surface area contributed by atoms with Crippen molar-refractivity contribution in [1.82, 2.24) is 5.32 Å². The van der Waals surface area contributed by atoms with Gasteiger partial charge in [0.15, 0.2) is 6.10 Å². The maximum Gasteiger partial charge on any atom is 0.371 e. The molecule has 0 spiro atoms. The standard InChI is InChI=1S/C20H25NO8/c1-11(23)21-15-16(25)13(9-5-8-12-6-3-2-4-7-12)18(20(27)28)29-19(15)17(26)14(24)10-22/h2-8,14-17,19,22,24-26H,9-10H2,1H3,(H,21,23)(H,27,28)/b8-5+/t14-,15-,16+,17-,19-/m1/s1. The van der Waals surface area contributed by atoms with E-state index in [0.29, 0.717) is 0 Å². The Bertz CT molecular complexity index is 776. The molecule has 1 heterocycles. The average Bonchev–Trinajstić information content (AvgIpc) is 2.69. The average molecular weight is 407 g/mol. The van der Waals surface area contributed by atoms with Gasteiger partial charge in [-0.05, 0) is 12.0 Å². The molecule has 1 aromatic rings. The van der Waals surface area contributed by atoms with E-state index >= 15 is 0 Å². The predicted molar refractivity (Wildman–Crippen MR) is 102 cm³/mol. The van der Waals surface area contributed by atoms with Gasteiger partial charge in [0.05, 0.1) is 12.6 Å². The van der Waals surface area contributed by atoms with E-state index < -0.39 is 54.7 Å². The van der Waals surface area contributed by atoms with Crippen LogP contribution in [0.25, 0.3) is 6.08 Å². The van der Waals surface area contributed by atoms with Gasteiger partial charge in [0.1, 0.15) is 18.3 Å². The molecule has 158 valence electrons. The third kappa shape index (κ3) is 5.64. The zero-order chi connectivity index (χ0) is 21.6. The lowest BCUT2D eigenvalue weighted by atomic mass is 9.87. The molecule has 9 heteroatoms. The smallest absolute Gasteiger partial charge is 0.371 e. The van der Waals surface area contributed by atoms with Crippen LogP contribution in [0.2, 0.25) is 0 Å². The number of hydrogen-bond donors (Lipinski definition) is 6. The van der Waals surface area contributed by atoms with Crippen LogP contribution in [-0.2, 0) is 14.3 Å². The molecular weight excluding hydrogens is 382 g/mol. The fraction of sp³-hybridized carbons (Fsp3) is 0.400. The van der Waals surface area contributed by atoms with Crippen molar-refractivity contribution in [3.63, 3.8) is 0 Å². The number of aliphatic carboxylic acids is 1. The third-order valence-corrected chi connectivity index (χ3v) is 4.53. The van der Waals surface area contributed by atoms with Crippen LogP contribution >= 0.6 is 0 Å². The highest BCUT2D eigenvalue weighted by molar-refractivity contribution is 5.86. The summed E-state index contributed by atoms with van der Waals surface area (Å²) in [5.74, 6) is -2.60. The van der Waals surface area contributed by atoms with Crippen LogP contribution in [-0.4, -0.2) is 74.5 Å². The van der Waals surface area contributed by atoms with Crippen LogP contribution in [0.15, 0.2) is 47.7 Å². The Kier molecular flexibility index (Phi) is 7.91. The minimum Gasteiger partial charge on any atom is -0.478 e. The van der Waals surface area contributed by atoms with Gasteiger partial charge in [-0.2, -0.15) is 0 Å². The lowest BCUT2D eigenvalue weighted by molar-refractivity contribution is -0.150. The Labute approximate surface area is 167 Å². The highest BCUT2D eigenvalue weighted by atomic mass is 16.5. The first-order chi connectivity index (χ1) is 13.8. The molecule has 2 rings (SSSR count). The Morgan fingerprint density at radius 3 is 2.45 bits per heavy atom. The number of aliphatic hydroxyl groups excluding tert-OH is 4. The molecule has 0 aromatic heterocycles. The summed E-state index contributed by atoms with van der Waals surface area (Å²) in [5, 5.41) is 51.7. The monoisotopic (exact) mass is 407 g/mol. The van der Waals surface area contributed by atoms with Gasteiger partial charge in [-0.3, -0.25) is 4.79 Å². The van der Waals surface area contributed by atoms with Gasteiger partial charge in [0.25, 0.3) is 0 Å². The van der Waals surface area contributed by atoms with Gasteiger partial charge >= 0.3 is 5.97 Å². The van der Waals surface area contributed by atoms with E-state index in [4.69, 9.17) is 9.84 Å². The lowest BCUT2D eigenvalue weighted by Gasteiger charge is -2.40. The number of carbonyl (C=O) groups is 2. The summed E-state index contributed by atoms with van der Waals surface area (Å²) in [5.41, 5.74) is 0.874. The van der Waals surface area contributed by atoms with Gasteiger partial charge in [-0.1, -0.05) is 42.5 Å². The number of hydrogen-bond acceptors (Lipinski definition) is 7. The van der Waals surface area contributed by atoms with Crippen molar-refractivity contribution >= 4 is 18.0 Å². The van der Waals surface area contributed by atoms with Gasteiger partial charge < -0.3 is 35.6 Å². The van der Waals surface area contributed by atoms with Gasteiger partial charge in [-0.25, -0.2) is 4.79 Å². The normalized spacial score (nSPS) is 24.1. The molecule has 0 fully saturated rings. The van der Waals surface area contributed by atoms with Crippen LogP contribution in [0.3, 0.4) is 0 Å². The highest BCUT2D eigenvalue weighted by Gasteiger charge is 2.46. The minimum atomic E-state index is -1.75. The highest BCUT2D eigenvalue weighted by Crippen LogP contribution is 2.30. The van der Waals surface area contributed by atoms with Gasteiger partial charge in [0.2, 0.25) is 11.7 Å². The van der Waals surface area contributed by atoms with Crippen LogP contribution in [0.1, 0.15) is 18.9 Å². The third-order valence-electron chi connectivity index (χ3n) is 4.53. The fourth-order valence-electron chi connectivity index (χ4n) is 3.11. The largest absolute Gasteiger partial charge is 0.478 e. The van der Waals surface area contributed by atoms with Crippen molar-refractivity contribution in [2.45, 2.75) is 43.8 Å². The van der Waals surface area contributed by atoms with E-state index in [0.717, 1.165) is 5.56 Å². The number of carboxylic acid groups (broad SMARTS) is 1. The maximum absolute atomic E-state index is 11.7. The number of nitrogens with one attached hydrogen (secondary N) is 1.